The lowest BCUT2D eigenvalue weighted by Gasteiger charge is -2.32. The molecule has 1 fully saturated rings. The number of anilines is 2. The topological polar surface area (TPSA) is 94.2 Å². The zero-order chi connectivity index (χ0) is 25.2. The Bertz CT molecular complexity index is 1340. The molecule has 1 aliphatic heterocycles. The number of hydrogen-bond donors (Lipinski definition) is 1. The summed E-state index contributed by atoms with van der Waals surface area (Å²) in [5.74, 6) is 2.82. The minimum atomic E-state index is 0.157. The zero-order valence-electron chi connectivity index (χ0n) is 20.7. The molecule has 190 valence electrons. The molecule has 0 saturated carbocycles. The van der Waals surface area contributed by atoms with E-state index in [0.717, 1.165) is 49.6 Å². The van der Waals surface area contributed by atoms with Crippen molar-refractivity contribution in [2.75, 3.05) is 59.9 Å². The van der Waals surface area contributed by atoms with Gasteiger partial charge in [0.1, 0.15) is 17.7 Å². The van der Waals surface area contributed by atoms with Gasteiger partial charge in [-0.25, -0.2) is 9.50 Å². The molecule has 0 unspecified atom stereocenters. The summed E-state index contributed by atoms with van der Waals surface area (Å²) in [6.45, 7) is 4.95. The number of imidazole rings is 1. The van der Waals surface area contributed by atoms with Crippen LogP contribution in [0.15, 0.2) is 36.8 Å². The van der Waals surface area contributed by atoms with Gasteiger partial charge in [-0.05, 0) is 30.8 Å². The van der Waals surface area contributed by atoms with Crippen LogP contribution in [-0.2, 0) is 6.54 Å². The minimum absolute atomic E-state index is 0.157. The number of hydrogen-bond acceptors (Lipinski definition) is 9. The van der Waals surface area contributed by atoms with E-state index in [2.05, 4.69) is 43.3 Å². The lowest BCUT2D eigenvalue weighted by Crippen LogP contribution is -2.44. The van der Waals surface area contributed by atoms with Crippen molar-refractivity contribution in [3.8, 4) is 22.9 Å². The smallest absolute Gasteiger partial charge is 0.243 e. The van der Waals surface area contributed by atoms with Gasteiger partial charge in [0, 0.05) is 44.9 Å². The molecule has 0 amide bonds. The fraction of sp³-hybridized carbons (Fsp3) is 0.375. The van der Waals surface area contributed by atoms with Gasteiger partial charge < -0.3 is 29.0 Å². The Morgan fingerprint density at radius 3 is 2.39 bits per heavy atom. The predicted octanol–water partition coefficient (Wildman–Crippen LogP) is 3.09. The van der Waals surface area contributed by atoms with E-state index in [1.54, 1.807) is 27.7 Å². The predicted molar refractivity (Wildman–Crippen MR) is 137 cm³/mol. The Balaban J connectivity index is 1.41. The van der Waals surface area contributed by atoms with Crippen molar-refractivity contribution in [3.63, 3.8) is 0 Å². The van der Waals surface area contributed by atoms with Gasteiger partial charge in [0.05, 0.1) is 38.9 Å². The summed E-state index contributed by atoms with van der Waals surface area (Å²) in [6.07, 6.45) is 3.54. The van der Waals surface area contributed by atoms with Gasteiger partial charge >= 0.3 is 0 Å². The van der Waals surface area contributed by atoms with Crippen LogP contribution >= 0.6 is 11.6 Å². The van der Waals surface area contributed by atoms with Crippen LogP contribution in [0.2, 0.25) is 5.28 Å². The lowest BCUT2D eigenvalue weighted by atomic mass is 10.2. The van der Waals surface area contributed by atoms with E-state index < -0.39 is 0 Å². The monoisotopic (exact) mass is 512 g/mol. The van der Waals surface area contributed by atoms with Gasteiger partial charge in [0.25, 0.3) is 0 Å². The van der Waals surface area contributed by atoms with Gasteiger partial charge in [-0.15, -0.1) is 5.10 Å². The molecule has 0 spiro atoms. The van der Waals surface area contributed by atoms with E-state index >= 15 is 0 Å². The molecule has 3 aromatic heterocycles. The number of likely N-dealkylation sites (N-methyl/N-ethyl adjacent to an activating group) is 1. The molecule has 0 atom stereocenters. The first-order chi connectivity index (χ1) is 17.5. The molecular formula is C24H29ClN8O3. The van der Waals surface area contributed by atoms with Crippen molar-refractivity contribution < 1.29 is 14.2 Å². The summed E-state index contributed by atoms with van der Waals surface area (Å²) in [7, 11) is 6.89. The van der Waals surface area contributed by atoms with Crippen molar-refractivity contribution in [1.82, 2.24) is 33.9 Å². The average Bonchev–Trinajstić information content (AvgIpc) is 3.51. The van der Waals surface area contributed by atoms with E-state index in [1.165, 1.54) is 0 Å². The number of rotatable bonds is 8. The molecule has 1 saturated heterocycles. The van der Waals surface area contributed by atoms with E-state index in [4.69, 9.17) is 25.8 Å². The number of halogens is 1. The summed E-state index contributed by atoms with van der Waals surface area (Å²) in [5.41, 5.74) is 2.68. The van der Waals surface area contributed by atoms with E-state index in [1.807, 2.05) is 33.5 Å². The van der Waals surface area contributed by atoms with Crippen LogP contribution in [0.3, 0.4) is 0 Å². The third-order valence-electron chi connectivity index (χ3n) is 6.32. The van der Waals surface area contributed by atoms with Gasteiger partial charge in [-0.3, -0.25) is 4.90 Å². The molecule has 11 nitrogen and oxygen atoms in total. The Morgan fingerprint density at radius 1 is 1.00 bits per heavy atom. The first kappa shape index (κ1) is 24.2. The SMILES string of the molecule is COc1cc(-n2cnc(Nc3nc(Cl)nn4c(CN5CCN(C)CC5)ccc34)c2)cc(OC)c1OC. The van der Waals surface area contributed by atoms with Gasteiger partial charge in [-0.1, -0.05) is 0 Å². The molecule has 12 heteroatoms. The summed E-state index contributed by atoms with van der Waals surface area (Å²) in [6, 6.07) is 7.77. The normalized spacial score (nSPS) is 14.8. The second kappa shape index (κ2) is 10.2. The Kier molecular flexibility index (Phi) is 6.86. The summed E-state index contributed by atoms with van der Waals surface area (Å²) in [4.78, 5) is 13.7. The largest absolute Gasteiger partial charge is 0.493 e. The van der Waals surface area contributed by atoms with Crippen molar-refractivity contribution in [2.24, 2.45) is 0 Å². The van der Waals surface area contributed by atoms with Crippen LogP contribution in [0.4, 0.5) is 11.6 Å². The third kappa shape index (κ3) is 4.77. The Labute approximate surface area is 214 Å². The van der Waals surface area contributed by atoms with Crippen LogP contribution in [0.5, 0.6) is 17.2 Å². The molecular weight excluding hydrogens is 484 g/mol. The van der Waals surface area contributed by atoms with Crippen molar-refractivity contribution in [2.45, 2.75) is 6.54 Å². The van der Waals surface area contributed by atoms with Crippen LogP contribution in [0.1, 0.15) is 5.69 Å². The summed E-state index contributed by atoms with van der Waals surface area (Å²) in [5, 5.41) is 7.90. The van der Waals surface area contributed by atoms with E-state index in [-0.39, 0.29) is 5.28 Å². The summed E-state index contributed by atoms with van der Waals surface area (Å²) >= 11 is 6.31. The van der Waals surface area contributed by atoms with Crippen LogP contribution in [0, 0.1) is 0 Å². The molecule has 5 rings (SSSR count). The molecule has 4 aromatic rings. The van der Waals surface area contributed by atoms with Crippen LogP contribution in [0.25, 0.3) is 11.2 Å². The quantitative estimate of drug-likeness (QED) is 0.382. The third-order valence-corrected chi connectivity index (χ3v) is 6.48. The zero-order valence-corrected chi connectivity index (χ0v) is 21.5. The van der Waals surface area contributed by atoms with Gasteiger partial charge in [0.15, 0.2) is 17.3 Å². The fourth-order valence-electron chi connectivity index (χ4n) is 4.34. The minimum Gasteiger partial charge on any atom is -0.493 e. The molecule has 0 aliphatic carbocycles. The number of aromatic nitrogens is 5. The standard InChI is InChI=1S/C24H29ClN8O3/c1-30-7-9-31(10-8-30)13-16-5-6-18-23(28-24(25)29-33(16)18)27-21-14-32(15-26-21)17-11-19(34-2)22(36-4)20(12-17)35-3/h5-6,11-12,14-15H,7-10,13H2,1-4H3,(H,27,28,29). The van der Waals surface area contributed by atoms with Crippen LogP contribution < -0.4 is 19.5 Å². The van der Waals surface area contributed by atoms with Gasteiger partial charge in [0.2, 0.25) is 11.0 Å². The number of methoxy groups -OCH3 is 3. The average molecular weight is 513 g/mol. The fourth-order valence-corrected chi connectivity index (χ4v) is 4.50. The maximum Gasteiger partial charge on any atom is 0.243 e. The highest BCUT2D eigenvalue weighted by Crippen LogP contribution is 2.39. The van der Waals surface area contributed by atoms with E-state index in [9.17, 15) is 0 Å². The molecule has 36 heavy (non-hydrogen) atoms. The van der Waals surface area contributed by atoms with E-state index in [0.29, 0.717) is 28.9 Å². The molecule has 0 bridgehead atoms. The van der Waals surface area contributed by atoms with Crippen molar-refractivity contribution in [3.05, 3.63) is 47.8 Å². The first-order valence-electron chi connectivity index (χ1n) is 11.6. The number of benzene rings is 1. The maximum absolute atomic E-state index is 6.31. The molecule has 0 radical (unpaired) electrons. The summed E-state index contributed by atoms with van der Waals surface area (Å²) < 4.78 is 20.1. The maximum atomic E-state index is 6.31. The van der Waals surface area contributed by atoms with Gasteiger partial charge in [-0.2, -0.15) is 4.98 Å². The second-order valence-corrected chi connectivity index (χ2v) is 8.94. The molecule has 1 aliphatic rings. The number of fused-ring (bicyclic) bond motifs is 1. The molecule has 4 heterocycles. The Hall–Kier alpha value is -3.54. The number of nitrogens with one attached hydrogen (secondary N) is 1. The molecule has 1 N–H and O–H groups in total. The van der Waals surface area contributed by atoms with Crippen LogP contribution in [-0.4, -0.2) is 88.5 Å². The number of ether oxygens (including phenoxy) is 3. The molecule has 1 aromatic carbocycles. The highest BCUT2D eigenvalue weighted by molar-refractivity contribution is 6.28. The lowest BCUT2D eigenvalue weighted by molar-refractivity contribution is 0.146. The Morgan fingerprint density at radius 2 is 1.72 bits per heavy atom. The highest BCUT2D eigenvalue weighted by atomic mass is 35.5. The first-order valence-corrected chi connectivity index (χ1v) is 11.9. The highest BCUT2D eigenvalue weighted by Gasteiger charge is 2.18. The van der Waals surface area contributed by atoms with Crippen molar-refractivity contribution >= 4 is 28.8 Å². The number of nitrogens with zero attached hydrogens (tertiary/aromatic N) is 7. The second-order valence-electron chi connectivity index (χ2n) is 8.61. The number of piperazine rings is 1. The van der Waals surface area contributed by atoms with Crippen molar-refractivity contribution in [1.29, 1.82) is 0 Å².